The van der Waals surface area contributed by atoms with Crippen LogP contribution < -0.4 is 5.73 Å². The lowest BCUT2D eigenvalue weighted by Gasteiger charge is -2.46. The smallest absolute Gasteiger partial charge is 0.0923 e. The molecule has 0 bridgehead atoms. The molecule has 0 amide bonds. The Hall–Kier alpha value is -1.21. The predicted molar refractivity (Wildman–Crippen MR) is 113 cm³/mol. The number of methoxy groups -OCH3 is 1. The molecule has 1 aliphatic heterocycles. The Labute approximate surface area is 165 Å². The second-order valence-electron chi connectivity index (χ2n) is 7.85. The molecule has 1 heterocycles. The molecular formula is C21H40N4O2. The van der Waals surface area contributed by atoms with Crippen molar-refractivity contribution in [3.05, 3.63) is 24.0 Å². The van der Waals surface area contributed by atoms with E-state index >= 15 is 0 Å². The molecule has 0 aromatic rings. The van der Waals surface area contributed by atoms with E-state index in [1.165, 1.54) is 11.9 Å². The molecule has 6 heteroatoms. The first kappa shape index (κ1) is 23.8. The second kappa shape index (κ2) is 9.82. The quantitative estimate of drug-likeness (QED) is 0.570. The maximum atomic E-state index is 7.77. The highest BCUT2D eigenvalue weighted by Crippen LogP contribution is 2.38. The van der Waals surface area contributed by atoms with E-state index in [0.717, 1.165) is 38.4 Å². The summed E-state index contributed by atoms with van der Waals surface area (Å²) < 4.78 is 11.6. The van der Waals surface area contributed by atoms with E-state index in [1.807, 2.05) is 13.1 Å². The van der Waals surface area contributed by atoms with Crippen LogP contribution in [0, 0.1) is 11.3 Å². The first-order chi connectivity index (χ1) is 12.6. The highest BCUT2D eigenvalue weighted by molar-refractivity contribution is 5.67. The van der Waals surface area contributed by atoms with E-state index < -0.39 is 11.1 Å². The van der Waals surface area contributed by atoms with Gasteiger partial charge in [-0.05, 0) is 46.4 Å². The average molecular weight is 381 g/mol. The number of hydrogen-bond donors (Lipinski definition) is 2. The largest absolute Gasteiger partial charge is 0.379 e. The number of ether oxygens (including phenoxy) is 2. The van der Waals surface area contributed by atoms with Crippen LogP contribution in [0.4, 0.5) is 0 Å². The topological polar surface area (TPSA) is 74.8 Å². The summed E-state index contributed by atoms with van der Waals surface area (Å²) in [5.41, 5.74) is 7.33. The molecule has 0 aromatic heterocycles. The van der Waals surface area contributed by atoms with Crippen molar-refractivity contribution in [2.75, 3.05) is 40.0 Å². The SMILES string of the molecule is C=CN(CC)/C(=C(/C)C(C)(OC)[C@H](C)C(C)(N)C=N)C(C)N1CCOCC1. The molecule has 3 N–H and O–H groups in total. The summed E-state index contributed by atoms with van der Waals surface area (Å²) in [4.78, 5) is 4.63. The molecule has 0 aliphatic carbocycles. The van der Waals surface area contributed by atoms with Gasteiger partial charge in [0.15, 0.2) is 0 Å². The molecule has 3 unspecified atom stereocenters. The van der Waals surface area contributed by atoms with Crippen molar-refractivity contribution in [2.45, 2.75) is 58.7 Å². The summed E-state index contributed by atoms with van der Waals surface area (Å²) in [6.07, 6.45) is 3.20. The summed E-state index contributed by atoms with van der Waals surface area (Å²) in [5.74, 6) is -0.0945. The van der Waals surface area contributed by atoms with Gasteiger partial charge in [0.1, 0.15) is 0 Å². The molecule has 1 saturated heterocycles. The van der Waals surface area contributed by atoms with Gasteiger partial charge in [-0.15, -0.1) is 0 Å². The van der Waals surface area contributed by atoms with Gasteiger partial charge in [0.2, 0.25) is 0 Å². The lowest BCUT2D eigenvalue weighted by molar-refractivity contribution is -0.0241. The fourth-order valence-corrected chi connectivity index (χ4v) is 3.93. The van der Waals surface area contributed by atoms with Crippen molar-refractivity contribution in [1.82, 2.24) is 9.80 Å². The van der Waals surface area contributed by atoms with Crippen molar-refractivity contribution in [2.24, 2.45) is 11.7 Å². The lowest BCUT2D eigenvalue weighted by atomic mass is 9.72. The van der Waals surface area contributed by atoms with Crippen molar-refractivity contribution in [3.8, 4) is 0 Å². The molecule has 6 nitrogen and oxygen atoms in total. The fraction of sp³-hybridized carbons (Fsp3) is 0.762. The third-order valence-electron chi connectivity index (χ3n) is 6.48. The van der Waals surface area contributed by atoms with Gasteiger partial charge in [0, 0.05) is 50.6 Å². The molecule has 4 atom stereocenters. The molecule has 0 spiro atoms. The number of nitrogens with zero attached hydrogens (tertiary/aromatic N) is 2. The number of rotatable bonds is 10. The molecule has 0 saturated carbocycles. The van der Waals surface area contributed by atoms with E-state index in [4.69, 9.17) is 20.6 Å². The second-order valence-corrected chi connectivity index (χ2v) is 7.85. The van der Waals surface area contributed by atoms with Crippen LogP contribution in [0.25, 0.3) is 0 Å². The van der Waals surface area contributed by atoms with Crippen molar-refractivity contribution in [1.29, 1.82) is 5.41 Å². The number of nitrogens with one attached hydrogen (secondary N) is 1. The highest BCUT2D eigenvalue weighted by atomic mass is 16.5. The van der Waals surface area contributed by atoms with Gasteiger partial charge >= 0.3 is 0 Å². The van der Waals surface area contributed by atoms with E-state index in [0.29, 0.717) is 0 Å². The molecule has 156 valence electrons. The zero-order valence-corrected chi connectivity index (χ0v) is 18.3. The van der Waals surface area contributed by atoms with E-state index in [9.17, 15) is 0 Å². The Kier molecular flexibility index (Phi) is 8.67. The van der Waals surface area contributed by atoms with Crippen LogP contribution in [-0.2, 0) is 9.47 Å². The van der Waals surface area contributed by atoms with Gasteiger partial charge in [-0.1, -0.05) is 13.5 Å². The van der Waals surface area contributed by atoms with Crippen LogP contribution in [0.5, 0.6) is 0 Å². The third kappa shape index (κ3) is 4.99. The predicted octanol–water partition coefficient (Wildman–Crippen LogP) is 2.85. The molecular weight excluding hydrogens is 340 g/mol. The van der Waals surface area contributed by atoms with Gasteiger partial charge in [0.05, 0.1) is 24.4 Å². The molecule has 0 aromatic carbocycles. The van der Waals surface area contributed by atoms with Crippen molar-refractivity contribution >= 4 is 6.21 Å². The summed E-state index contributed by atoms with van der Waals surface area (Å²) in [6.45, 7) is 20.7. The van der Waals surface area contributed by atoms with Crippen LogP contribution in [0.15, 0.2) is 24.0 Å². The first-order valence-corrected chi connectivity index (χ1v) is 9.88. The normalized spacial score (nSPS) is 23.4. The standard InChI is InChI=1S/C21H40N4O2/c1-9-24(10-2)19(17(4)25-11-13-27-14-12-25)16(3)21(7,26-8)18(5)20(6,23)15-22/h9,15,17-18,22H,1,10-14,23H2,2-8H3/b19-16-,22-15?/t17?,18-,20?,21?/m1/s1. The minimum Gasteiger partial charge on any atom is -0.379 e. The maximum Gasteiger partial charge on any atom is 0.0923 e. The van der Waals surface area contributed by atoms with Gasteiger partial charge in [0.25, 0.3) is 0 Å². The number of likely N-dealkylation sites (N-methyl/N-ethyl adjacent to an activating group) is 1. The zero-order valence-electron chi connectivity index (χ0n) is 18.3. The molecule has 0 radical (unpaired) electrons. The van der Waals surface area contributed by atoms with Gasteiger partial charge in [-0.2, -0.15) is 0 Å². The Balaban J connectivity index is 3.50. The molecule has 27 heavy (non-hydrogen) atoms. The minimum absolute atomic E-state index is 0.0945. The first-order valence-electron chi connectivity index (χ1n) is 9.88. The Morgan fingerprint density at radius 2 is 1.93 bits per heavy atom. The molecule has 1 rings (SSSR count). The maximum absolute atomic E-state index is 7.77. The van der Waals surface area contributed by atoms with Gasteiger partial charge in [-0.3, -0.25) is 4.90 Å². The van der Waals surface area contributed by atoms with E-state index in [-0.39, 0.29) is 12.0 Å². The van der Waals surface area contributed by atoms with Gasteiger partial charge < -0.3 is 25.5 Å². The summed E-state index contributed by atoms with van der Waals surface area (Å²) in [7, 11) is 1.72. The highest BCUT2D eigenvalue weighted by Gasteiger charge is 2.44. The minimum atomic E-state index is -0.773. The van der Waals surface area contributed by atoms with Crippen LogP contribution in [-0.4, -0.2) is 73.2 Å². The van der Waals surface area contributed by atoms with Crippen LogP contribution in [0.2, 0.25) is 0 Å². The third-order valence-corrected chi connectivity index (χ3v) is 6.48. The zero-order chi connectivity index (χ0) is 20.8. The fourth-order valence-electron chi connectivity index (χ4n) is 3.93. The van der Waals surface area contributed by atoms with Crippen molar-refractivity contribution < 1.29 is 9.47 Å². The average Bonchev–Trinajstić information content (AvgIpc) is 2.70. The van der Waals surface area contributed by atoms with Crippen LogP contribution in [0.3, 0.4) is 0 Å². The lowest BCUT2D eigenvalue weighted by Crippen LogP contribution is -2.56. The monoisotopic (exact) mass is 380 g/mol. The summed E-state index contributed by atoms with van der Waals surface area (Å²) in [5, 5.41) is 7.77. The van der Waals surface area contributed by atoms with Gasteiger partial charge in [-0.25, -0.2) is 0 Å². The van der Waals surface area contributed by atoms with E-state index in [1.54, 1.807) is 7.11 Å². The van der Waals surface area contributed by atoms with E-state index in [2.05, 4.69) is 51.0 Å². The number of nitrogens with two attached hydrogens (primary N) is 1. The molecule has 1 aliphatic rings. The van der Waals surface area contributed by atoms with Crippen molar-refractivity contribution in [3.63, 3.8) is 0 Å². The Morgan fingerprint density at radius 3 is 2.33 bits per heavy atom. The number of morpholine rings is 1. The van der Waals surface area contributed by atoms with Crippen LogP contribution >= 0.6 is 0 Å². The summed E-state index contributed by atoms with van der Waals surface area (Å²) in [6, 6.07) is 0.192. The number of hydrogen-bond acceptors (Lipinski definition) is 6. The summed E-state index contributed by atoms with van der Waals surface area (Å²) >= 11 is 0. The van der Waals surface area contributed by atoms with Crippen LogP contribution in [0.1, 0.15) is 41.5 Å². The Morgan fingerprint density at radius 1 is 1.37 bits per heavy atom. The Bertz CT molecular complexity index is 540. The molecule has 1 fully saturated rings.